The molecule has 3 rings (SSSR count). The second-order valence-electron chi connectivity index (χ2n) is 5.89. The Kier molecular flexibility index (Phi) is 4.68. The number of amides is 1. The fourth-order valence-corrected chi connectivity index (χ4v) is 3.11. The van der Waals surface area contributed by atoms with Gasteiger partial charge in [-0.05, 0) is 31.5 Å². The molecule has 0 N–H and O–H groups in total. The topological polar surface area (TPSA) is 49.6 Å². The van der Waals surface area contributed by atoms with Crippen molar-refractivity contribution in [3.8, 4) is 0 Å². The zero-order chi connectivity index (χ0) is 16.4. The van der Waals surface area contributed by atoms with Gasteiger partial charge in [0, 0.05) is 43.3 Å². The lowest BCUT2D eigenvalue weighted by Gasteiger charge is -2.37. The Morgan fingerprint density at radius 3 is 2.61 bits per heavy atom. The van der Waals surface area contributed by atoms with E-state index in [1.165, 1.54) is 5.56 Å². The van der Waals surface area contributed by atoms with Gasteiger partial charge in [0.05, 0.1) is 5.69 Å². The molecule has 1 aliphatic heterocycles. The Bertz CT molecular complexity index is 693. The summed E-state index contributed by atoms with van der Waals surface area (Å²) in [5, 5.41) is 4.53. The van der Waals surface area contributed by atoms with E-state index in [0.717, 1.165) is 23.8 Å². The summed E-state index contributed by atoms with van der Waals surface area (Å²) in [6.07, 6.45) is 0. The number of rotatable bonds is 3. The van der Waals surface area contributed by atoms with Gasteiger partial charge in [-0.1, -0.05) is 28.9 Å². The second kappa shape index (κ2) is 6.72. The van der Waals surface area contributed by atoms with E-state index in [9.17, 15) is 4.79 Å². The molecule has 2 heterocycles. The molecule has 1 aliphatic rings. The third kappa shape index (κ3) is 3.57. The minimum absolute atomic E-state index is 0.0827. The van der Waals surface area contributed by atoms with E-state index in [1.54, 1.807) is 6.07 Å². The van der Waals surface area contributed by atoms with Crippen LogP contribution < -0.4 is 0 Å². The maximum atomic E-state index is 12.4. The maximum Gasteiger partial charge on any atom is 0.292 e. The van der Waals surface area contributed by atoms with Crippen molar-refractivity contribution in [3.63, 3.8) is 0 Å². The summed E-state index contributed by atoms with van der Waals surface area (Å²) in [6.45, 7) is 7.00. The minimum atomic E-state index is -0.0827. The Hall–Kier alpha value is -1.85. The summed E-state index contributed by atoms with van der Waals surface area (Å²) in [4.78, 5) is 16.5. The first-order chi connectivity index (χ1) is 11.0. The van der Waals surface area contributed by atoms with Crippen LogP contribution in [0.1, 0.15) is 34.8 Å². The molecule has 1 aromatic carbocycles. The quantitative estimate of drug-likeness (QED) is 0.865. The van der Waals surface area contributed by atoms with Crippen molar-refractivity contribution in [1.29, 1.82) is 0 Å². The maximum absolute atomic E-state index is 12.4. The highest BCUT2D eigenvalue weighted by molar-refractivity contribution is 6.30. The van der Waals surface area contributed by atoms with Crippen molar-refractivity contribution in [2.75, 3.05) is 26.2 Å². The van der Waals surface area contributed by atoms with Crippen LogP contribution in [0, 0.1) is 6.92 Å². The predicted octanol–water partition coefficient (Wildman–Crippen LogP) is 3.16. The molecular weight excluding hydrogens is 314 g/mol. The molecule has 23 heavy (non-hydrogen) atoms. The molecule has 0 spiro atoms. The van der Waals surface area contributed by atoms with Crippen molar-refractivity contribution in [1.82, 2.24) is 15.0 Å². The first kappa shape index (κ1) is 16.0. The molecule has 0 saturated carbocycles. The largest absolute Gasteiger partial charge is 0.351 e. The first-order valence-electron chi connectivity index (χ1n) is 7.76. The number of carbonyl (C=O) groups is 1. The van der Waals surface area contributed by atoms with Gasteiger partial charge in [0.1, 0.15) is 0 Å². The van der Waals surface area contributed by atoms with Gasteiger partial charge in [0.2, 0.25) is 5.76 Å². The summed E-state index contributed by atoms with van der Waals surface area (Å²) in [7, 11) is 0. The van der Waals surface area contributed by atoms with E-state index in [0.29, 0.717) is 18.8 Å². The van der Waals surface area contributed by atoms with Crippen LogP contribution in [-0.2, 0) is 0 Å². The lowest BCUT2D eigenvalue weighted by molar-refractivity contribution is 0.0544. The standard InChI is InChI=1S/C17H20ClN3O2/c1-12-10-16(23-19-12)17(22)21-8-6-20(7-9-21)13(2)14-4-3-5-15(18)11-14/h3-5,10-11,13H,6-9H2,1-2H3. The van der Waals surface area contributed by atoms with Crippen molar-refractivity contribution < 1.29 is 9.32 Å². The van der Waals surface area contributed by atoms with Crippen LogP contribution in [0.2, 0.25) is 5.02 Å². The molecule has 5 nitrogen and oxygen atoms in total. The van der Waals surface area contributed by atoms with Gasteiger partial charge in [-0.3, -0.25) is 9.69 Å². The Balaban J connectivity index is 1.61. The fraction of sp³-hybridized carbons (Fsp3) is 0.412. The van der Waals surface area contributed by atoms with E-state index in [4.69, 9.17) is 16.1 Å². The zero-order valence-electron chi connectivity index (χ0n) is 13.3. The monoisotopic (exact) mass is 333 g/mol. The van der Waals surface area contributed by atoms with Gasteiger partial charge >= 0.3 is 0 Å². The number of piperazine rings is 1. The minimum Gasteiger partial charge on any atom is -0.351 e. The summed E-state index contributed by atoms with van der Waals surface area (Å²) >= 11 is 6.07. The van der Waals surface area contributed by atoms with Gasteiger partial charge in [0.15, 0.2) is 0 Å². The molecule has 0 aliphatic carbocycles. The van der Waals surface area contributed by atoms with Crippen LogP contribution in [0.15, 0.2) is 34.9 Å². The predicted molar refractivity (Wildman–Crippen MR) is 88.6 cm³/mol. The van der Waals surface area contributed by atoms with Crippen molar-refractivity contribution in [2.45, 2.75) is 19.9 Å². The van der Waals surface area contributed by atoms with Crippen LogP contribution in [0.3, 0.4) is 0 Å². The molecule has 0 radical (unpaired) electrons. The molecule has 1 saturated heterocycles. The lowest BCUT2D eigenvalue weighted by atomic mass is 10.1. The van der Waals surface area contributed by atoms with E-state index >= 15 is 0 Å². The number of aromatic nitrogens is 1. The number of hydrogen-bond acceptors (Lipinski definition) is 4. The average Bonchev–Trinajstić information content (AvgIpc) is 3.00. The molecule has 1 aromatic heterocycles. The van der Waals surface area contributed by atoms with E-state index < -0.39 is 0 Å². The van der Waals surface area contributed by atoms with Crippen LogP contribution in [0.5, 0.6) is 0 Å². The number of hydrogen-bond donors (Lipinski definition) is 0. The highest BCUT2D eigenvalue weighted by atomic mass is 35.5. The molecule has 1 unspecified atom stereocenters. The molecular formula is C17H20ClN3O2. The summed E-state index contributed by atoms with van der Waals surface area (Å²) in [5.74, 6) is 0.236. The highest BCUT2D eigenvalue weighted by Gasteiger charge is 2.27. The molecule has 0 bridgehead atoms. The van der Waals surface area contributed by atoms with E-state index in [-0.39, 0.29) is 11.9 Å². The number of carbonyl (C=O) groups excluding carboxylic acids is 1. The van der Waals surface area contributed by atoms with Crippen LogP contribution in [0.25, 0.3) is 0 Å². The van der Waals surface area contributed by atoms with Gasteiger partial charge in [-0.25, -0.2) is 0 Å². The molecule has 2 aromatic rings. The number of nitrogens with zero attached hydrogens (tertiary/aromatic N) is 3. The van der Waals surface area contributed by atoms with Gasteiger partial charge in [-0.15, -0.1) is 0 Å². The zero-order valence-corrected chi connectivity index (χ0v) is 14.1. The first-order valence-corrected chi connectivity index (χ1v) is 8.14. The van der Waals surface area contributed by atoms with Crippen LogP contribution in [-0.4, -0.2) is 47.0 Å². The fourth-order valence-electron chi connectivity index (χ4n) is 2.91. The number of aryl methyl sites for hydroxylation is 1. The van der Waals surface area contributed by atoms with Crippen molar-refractivity contribution in [2.24, 2.45) is 0 Å². The van der Waals surface area contributed by atoms with Gasteiger partial charge in [-0.2, -0.15) is 0 Å². The normalized spacial score (nSPS) is 17.3. The number of benzene rings is 1. The number of halogens is 1. The van der Waals surface area contributed by atoms with E-state index in [1.807, 2.05) is 30.0 Å². The van der Waals surface area contributed by atoms with Crippen molar-refractivity contribution >= 4 is 17.5 Å². The SMILES string of the molecule is Cc1cc(C(=O)N2CCN(C(C)c3cccc(Cl)c3)CC2)on1. The van der Waals surface area contributed by atoms with Crippen LogP contribution in [0.4, 0.5) is 0 Å². The van der Waals surface area contributed by atoms with Gasteiger partial charge in [0.25, 0.3) is 5.91 Å². The van der Waals surface area contributed by atoms with E-state index in [2.05, 4.69) is 23.0 Å². The molecule has 1 fully saturated rings. The highest BCUT2D eigenvalue weighted by Crippen LogP contribution is 2.24. The average molecular weight is 334 g/mol. The molecule has 6 heteroatoms. The molecule has 1 atom stereocenters. The van der Waals surface area contributed by atoms with Crippen LogP contribution >= 0.6 is 11.6 Å². The smallest absolute Gasteiger partial charge is 0.292 e. The summed E-state index contributed by atoms with van der Waals surface area (Å²) < 4.78 is 5.07. The summed E-state index contributed by atoms with van der Waals surface area (Å²) in [6, 6.07) is 9.90. The Morgan fingerprint density at radius 2 is 2.00 bits per heavy atom. The molecule has 1 amide bonds. The lowest BCUT2D eigenvalue weighted by Crippen LogP contribution is -2.49. The Morgan fingerprint density at radius 1 is 1.26 bits per heavy atom. The third-order valence-electron chi connectivity index (χ3n) is 4.32. The van der Waals surface area contributed by atoms with Gasteiger partial charge < -0.3 is 9.42 Å². The summed E-state index contributed by atoms with van der Waals surface area (Å²) in [5.41, 5.74) is 1.92. The third-order valence-corrected chi connectivity index (χ3v) is 4.55. The molecule has 122 valence electrons. The van der Waals surface area contributed by atoms with Crippen molar-refractivity contribution in [3.05, 3.63) is 52.4 Å². The Labute approximate surface area is 140 Å². The second-order valence-corrected chi connectivity index (χ2v) is 6.33.